The molecule has 0 aliphatic heterocycles. The van der Waals surface area contributed by atoms with Gasteiger partial charge in [-0.1, -0.05) is 44.0 Å². The number of halogens is 2. The van der Waals surface area contributed by atoms with Gasteiger partial charge < -0.3 is 4.43 Å². The zero-order chi connectivity index (χ0) is 15.8. The number of nitrogens with zero attached hydrogens (tertiary/aromatic N) is 3. The second kappa shape index (κ2) is 5.87. The second-order valence-corrected chi connectivity index (χ2v) is 12.2. The van der Waals surface area contributed by atoms with Crippen molar-refractivity contribution in [2.45, 2.75) is 45.3 Å². The van der Waals surface area contributed by atoms with Gasteiger partial charge in [0.15, 0.2) is 14.0 Å². The fourth-order valence-corrected chi connectivity index (χ4v) is 3.42. The minimum absolute atomic E-state index is 0.185. The number of aromatic nitrogens is 3. The molecule has 2 rings (SSSR count). The van der Waals surface area contributed by atoms with E-state index in [1.807, 2.05) is 0 Å². The van der Waals surface area contributed by atoms with Gasteiger partial charge in [-0.15, -0.1) is 0 Å². The third-order valence-corrected chi connectivity index (χ3v) is 9.38. The van der Waals surface area contributed by atoms with Crippen LogP contribution in [0.15, 0.2) is 12.3 Å². The van der Waals surface area contributed by atoms with Crippen molar-refractivity contribution in [3.05, 3.63) is 28.1 Å². The van der Waals surface area contributed by atoms with Gasteiger partial charge in [-0.2, -0.15) is 5.10 Å². The Labute approximate surface area is 136 Å². The van der Waals surface area contributed by atoms with Crippen molar-refractivity contribution >= 4 is 37.2 Å². The highest BCUT2D eigenvalue weighted by molar-refractivity contribution is 6.74. The summed E-state index contributed by atoms with van der Waals surface area (Å²) in [6, 6.07) is 1.77. The monoisotopic (exact) mass is 345 g/mol. The Bertz CT molecular complexity index is 649. The molecule has 0 amide bonds. The van der Waals surface area contributed by atoms with Crippen molar-refractivity contribution in [3.63, 3.8) is 0 Å². The third-order valence-electron chi connectivity index (χ3n) is 4.14. The molecule has 21 heavy (non-hydrogen) atoms. The van der Waals surface area contributed by atoms with E-state index in [4.69, 9.17) is 27.6 Å². The molecule has 0 fully saturated rings. The number of rotatable bonds is 4. The molecule has 0 unspecified atom stereocenters. The van der Waals surface area contributed by atoms with Gasteiger partial charge in [0.05, 0.1) is 6.20 Å². The van der Waals surface area contributed by atoms with E-state index in [0.29, 0.717) is 29.0 Å². The summed E-state index contributed by atoms with van der Waals surface area (Å²) in [5.41, 5.74) is 1.44. The molecule has 0 aliphatic rings. The van der Waals surface area contributed by atoms with Crippen molar-refractivity contribution in [2.75, 3.05) is 6.61 Å². The van der Waals surface area contributed by atoms with Crippen LogP contribution in [0.25, 0.3) is 5.65 Å². The summed E-state index contributed by atoms with van der Waals surface area (Å²) in [5, 5.41) is 5.26. The average molecular weight is 346 g/mol. The molecule has 116 valence electrons. The second-order valence-electron chi connectivity index (χ2n) is 6.63. The third kappa shape index (κ3) is 3.42. The summed E-state index contributed by atoms with van der Waals surface area (Å²) in [6.07, 6.45) is 2.29. The molecule has 2 aromatic rings. The van der Waals surface area contributed by atoms with Crippen molar-refractivity contribution in [3.8, 4) is 0 Å². The van der Waals surface area contributed by atoms with Gasteiger partial charge in [-0.25, -0.2) is 9.50 Å². The first-order valence-corrected chi connectivity index (χ1v) is 10.6. The summed E-state index contributed by atoms with van der Waals surface area (Å²) in [5.74, 6) is 0. The Morgan fingerprint density at radius 2 is 1.95 bits per heavy atom. The van der Waals surface area contributed by atoms with Crippen LogP contribution >= 0.6 is 23.2 Å². The predicted octanol–water partition coefficient (Wildman–Crippen LogP) is 4.60. The van der Waals surface area contributed by atoms with Crippen molar-refractivity contribution in [1.29, 1.82) is 0 Å². The van der Waals surface area contributed by atoms with Gasteiger partial charge in [0.2, 0.25) is 0 Å². The molecule has 4 nitrogen and oxygen atoms in total. The maximum absolute atomic E-state index is 6.36. The van der Waals surface area contributed by atoms with Crippen LogP contribution in [0.1, 0.15) is 26.3 Å². The molecule has 0 bridgehead atoms. The zero-order valence-electron chi connectivity index (χ0n) is 13.1. The Kier molecular flexibility index (Phi) is 4.68. The van der Waals surface area contributed by atoms with E-state index in [0.717, 1.165) is 5.56 Å². The highest BCUT2D eigenvalue weighted by atomic mass is 35.5. The first-order chi connectivity index (χ1) is 9.63. The first-order valence-electron chi connectivity index (χ1n) is 6.95. The summed E-state index contributed by atoms with van der Waals surface area (Å²) < 4.78 is 7.76. The quantitative estimate of drug-likeness (QED) is 0.600. The van der Waals surface area contributed by atoms with Crippen molar-refractivity contribution in [2.24, 2.45) is 0 Å². The van der Waals surface area contributed by atoms with Crippen LogP contribution in [0.3, 0.4) is 0 Å². The average Bonchev–Trinajstić information content (AvgIpc) is 2.80. The van der Waals surface area contributed by atoms with E-state index >= 15 is 0 Å². The Morgan fingerprint density at radius 1 is 1.29 bits per heavy atom. The van der Waals surface area contributed by atoms with Crippen molar-refractivity contribution < 1.29 is 4.43 Å². The summed E-state index contributed by atoms with van der Waals surface area (Å²) in [6.45, 7) is 11.7. The maximum Gasteiger partial charge on any atom is 0.191 e. The van der Waals surface area contributed by atoms with Gasteiger partial charge in [0, 0.05) is 24.7 Å². The highest BCUT2D eigenvalue weighted by Crippen LogP contribution is 2.36. The minimum atomic E-state index is -1.76. The molecule has 2 aromatic heterocycles. The number of hydrogen-bond donors (Lipinski definition) is 0. The topological polar surface area (TPSA) is 39.4 Å². The van der Waals surface area contributed by atoms with Crippen LogP contribution in [0, 0.1) is 0 Å². The molecule has 0 saturated carbocycles. The lowest BCUT2D eigenvalue weighted by Gasteiger charge is -2.36. The number of fused-ring (bicyclic) bond motifs is 1. The van der Waals surface area contributed by atoms with Crippen LogP contribution < -0.4 is 0 Å². The lowest BCUT2D eigenvalue weighted by Crippen LogP contribution is -2.41. The van der Waals surface area contributed by atoms with Gasteiger partial charge >= 0.3 is 0 Å². The maximum atomic E-state index is 6.36. The van der Waals surface area contributed by atoms with Gasteiger partial charge in [-0.3, -0.25) is 0 Å². The summed E-state index contributed by atoms with van der Waals surface area (Å²) in [4.78, 5) is 4.30. The Balaban J connectivity index is 2.14. The normalized spacial score (nSPS) is 13.1. The summed E-state index contributed by atoms with van der Waals surface area (Å²) >= 11 is 12.6. The van der Waals surface area contributed by atoms with Crippen LogP contribution in [0.2, 0.25) is 28.4 Å². The lowest BCUT2D eigenvalue weighted by atomic mass is 10.2. The zero-order valence-corrected chi connectivity index (χ0v) is 15.6. The number of hydrogen-bond acceptors (Lipinski definition) is 3. The molecule has 0 atom stereocenters. The molecule has 0 aromatic carbocycles. The van der Waals surface area contributed by atoms with E-state index in [-0.39, 0.29) is 5.04 Å². The van der Waals surface area contributed by atoms with E-state index in [9.17, 15) is 0 Å². The lowest BCUT2D eigenvalue weighted by molar-refractivity contribution is 0.291. The standard InChI is InChI=1S/C14H21Cl2N3OSi/c1-14(2,3)21(4,5)20-9-7-10-12(15)18-11-6-8-17-19(11)13(10)16/h6,8H,7,9H2,1-5H3. The molecule has 0 N–H and O–H groups in total. The van der Waals surface area contributed by atoms with Crippen LogP contribution in [0.4, 0.5) is 0 Å². The van der Waals surface area contributed by atoms with E-state index in [1.165, 1.54) is 0 Å². The van der Waals surface area contributed by atoms with E-state index in [1.54, 1.807) is 16.8 Å². The minimum Gasteiger partial charge on any atom is -0.416 e. The molecule has 7 heteroatoms. The molecule has 2 heterocycles. The molecular formula is C14H21Cl2N3OSi. The molecule has 0 radical (unpaired) electrons. The fourth-order valence-electron chi connectivity index (χ4n) is 1.74. The fraction of sp³-hybridized carbons (Fsp3) is 0.571. The SMILES string of the molecule is CC(C)(C)[Si](C)(C)OCCc1c(Cl)nc2ccnn2c1Cl. The van der Waals surface area contributed by atoms with E-state index in [2.05, 4.69) is 43.9 Å². The Hall–Kier alpha value is -0.623. The van der Waals surface area contributed by atoms with Crippen molar-refractivity contribution in [1.82, 2.24) is 14.6 Å². The molecule has 0 spiro atoms. The Morgan fingerprint density at radius 3 is 2.57 bits per heavy atom. The predicted molar refractivity (Wildman–Crippen MR) is 89.9 cm³/mol. The smallest absolute Gasteiger partial charge is 0.191 e. The highest BCUT2D eigenvalue weighted by Gasteiger charge is 2.37. The molecule has 0 aliphatic carbocycles. The van der Waals surface area contributed by atoms with E-state index < -0.39 is 8.32 Å². The first kappa shape index (κ1) is 16.7. The molecular weight excluding hydrogens is 325 g/mol. The van der Waals surface area contributed by atoms with Gasteiger partial charge in [0.25, 0.3) is 0 Å². The van der Waals surface area contributed by atoms with Gasteiger partial charge in [-0.05, 0) is 18.1 Å². The molecule has 0 saturated heterocycles. The van der Waals surface area contributed by atoms with Gasteiger partial charge in [0.1, 0.15) is 10.3 Å². The largest absolute Gasteiger partial charge is 0.416 e. The van der Waals surface area contributed by atoms with Crippen LogP contribution in [0.5, 0.6) is 0 Å². The van der Waals surface area contributed by atoms with Crippen LogP contribution in [-0.2, 0) is 10.8 Å². The summed E-state index contributed by atoms with van der Waals surface area (Å²) in [7, 11) is -1.76. The van der Waals surface area contributed by atoms with Crippen LogP contribution in [-0.4, -0.2) is 29.5 Å².